The van der Waals surface area contributed by atoms with Crippen molar-refractivity contribution in [1.82, 2.24) is 0 Å². The Labute approximate surface area is 163 Å². The smallest absolute Gasteiger partial charge is 0.0738 e. The monoisotopic (exact) mass is 379 g/mol. The maximum atomic E-state index is 5.90. The largest absolute Gasteiger partial charge is 0.247 e. The van der Waals surface area contributed by atoms with Crippen LogP contribution < -0.4 is 50.4 Å². The number of rotatable bonds is 6. The summed E-state index contributed by atoms with van der Waals surface area (Å²) in [6.45, 7) is 0. The number of anilines is 3. The molecule has 0 saturated heterocycles. The molecule has 0 atom stereocenters. The Kier molecular flexibility index (Phi) is 5.76. The van der Waals surface area contributed by atoms with Gasteiger partial charge in [0.15, 0.2) is 0 Å². The predicted octanol–water partition coefficient (Wildman–Crippen LogP) is 0.528. The SMILES string of the molecule is NN(N)c1ccccc1C(c1ccccc1N(N)N)c1ccccc1N(N)N. The molecule has 3 rings (SSSR count). The molecule has 12 N–H and O–H groups in total. The Morgan fingerprint density at radius 2 is 0.679 bits per heavy atom. The highest BCUT2D eigenvalue weighted by Crippen LogP contribution is 2.42. The summed E-state index contributed by atoms with van der Waals surface area (Å²) in [7, 11) is 0. The molecular formula is C19H25N9. The number of hydrazine groups is 6. The van der Waals surface area contributed by atoms with Crippen LogP contribution >= 0.6 is 0 Å². The average molecular weight is 379 g/mol. The Balaban J connectivity index is 2.35. The second-order valence-corrected chi connectivity index (χ2v) is 6.33. The van der Waals surface area contributed by atoms with Gasteiger partial charge in [-0.05, 0) is 34.9 Å². The quantitative estimate of drug-likeness (QED) is 0.203. The van der Waals surface area contributed by atoms with Crippen LogP contribution in [0.3, 0.4) is 0 Å². The average Bonchev–Trinajstić information content (AvgIpc) is 2.69. The first kappa shape index (κ1) is 19.6. The van der Waals surface area contributed by atoms with E-state index in [1.165, 1.54) is 0 Å². The van der Waals surface area contributed by atoms with E-state index in [-0.39, 0.29) is 5.92 Å². The molecule has 0 saturated carbocycles. The van der Waals surface area contributed by atoms with Crippen molar-refractivity contribution in [2.75, 3.05) is 15.4 Å². The van der Waals surface area contributed by atoms with E-state index in [9.17, 15) is 0 Å². The van der Waals surface area contributed by atoms with E-state index in [2.05, 4.69) is 0 Å². The van der Waals surface area contributed by atoms with Crippen molar-refractivity contribution in [2.24, 2.45) is 35.1 Å². The third kappa shape index (κ3) is 3.75. The molecule has 3 aromatic rings. The molecule has 0 radical (unpaired) electrons. The lowest BCUT2D eigenvalue weighted by molar-refractivity contribution is 0.851. The first-order valence-electron chi connectivity index (χ1n) is 8.57. The summed E-state index contributed by atoms with van der Waals surface area (Å²) >= 11 is 0. The number of hydrogen-bond acceptors (Lipinski definition) is 9. The van der Waals surface area contributed by atoms with Gasteiger partial charge in [0.05, 0.1) is 17.1 Å². The molecule has 0 heterocycles. The Morgan fingerprint density at radius 3 is 0.929 bits per heavy atom. The van der Waals surface area contributed by atoms with E-state index < -0.39 is 0 Å². The van der Waals surface area contributed by atoms with Crippen LogP contribution in [-0.2, 0) is 0 Å². The van der Waals surface area contributed by atoms with Gasteiger partial charge in [-0.25, -0.2) is 50.4 Å². The van der Waals surface area contributed by atoms with Crippen LogP contribution in [0.2, 0.25) is 0 Å². The molecule has 0 amide bonds. The summed E-state index contributed by atoms with van der Waals surface area (Å²) in [6.07, 6.45) is 0. The van der Waals surface area contributed by atoms with Crippen LogP contribution in [0.1, 0.15) is 22.6 Å². The zero-order valence-corrected chi connectivity index (χ0v) is 15.3. The fourth-order valence-electron chi connectivity index (χ4n) is 3.40. The van der Waals surface area contributed by atoms with Gasteiger partial charge in [-0.15, -0.1) is 0 Å². The zero-order valence-electron chi connectivity index (χ0n) is 15.3. The van der Waals surface area contributed by atoms with Gasteiger partial charge in [0.25, 0.3) is 0 Å². The van der Waals surface area contributed by atoms with Gasteiger partial charge in [0, 0.05) is 5.92 Å². The van der Waals surface area contributed by atoms with Crippen molar-refractivity contribution in [3.63, 3.8) is 0 Å². The summed E-state index contributed by atoms with van der Waals surface area (Å²) in [5.41, 5.74) is 4.44. The number of nitrogens with two attached hydrogens (primary N) is 6. The van der Waals surface area contributed by atoms with Gasteiger partial charge >= 0.3 is 0 Å². The molecule has 0 unspecified atom stereocenters. The molecule has 9 heteroatoms. The molecular weight excluding hydrogens is 354 g/mol. The summed E-state index contributed by atoms with van der Waals surface area (Å²) in [5, 5.41) is 3.25. The lowest BCUT2D eigenvalue weighted by Crippen LogP contribution is -2.40. The summed E-state index contributed by atoms with van der Waals surface area (Å²) in [6, 6.07) is 22.6. The first-order chi connectivity index (χ1) is 13.4. The summed E-state index contributed by atoms with van der Waals surface area (Å²) < 4.78 is 0. The molecule has 0 aliphatic rings. The Bertz CT molecular complexity index is 818. The molecule has 0 fully saturated rings. The molecule has 0 aromatic heterocycles. The second-order valence-electron chi connectivity index (χ2n) is 6.33. The topological polar surface area (TPSA) is 166 Å². The lowest BCUT2D eigenvalue weighted by Gasteiger charge is -2.29. The van der Waals surface area contributed by atoms with Crippen molar-refractivity contribution in [3.8, 4) is 0 Å². The normalized spacial score (nSPS) is 10.8. The Morgan fingerprint density at radius 1 is 0.429 bits per heavy atom. The molecule has 0 spiro atoms. The third-order valence-electron chi connectivity index (χ3n) is 4.58. The van der Waals surface area contributed by atoms with Crippen molar-refractivity contribution >= 4 is 17.1 Å². The second kappa shape index (κ2) is 8.23. The van der Waals surface area contributed by atoms with E-state index in [1.54, 1.807) is 0 Å². The van der Waals surface area contributed by atoms with E-state index in [0.717, 1.165) is 32.0 Å². The minimum atomic E-state index is -0.345. The number of benzene rings is 3. The van der Waals surface area contributed by atoms with Gasteiger partial charge in [0.1, 0.15) is 0 Å². The zero-order chi connectivity index (χ0) is 20.3. The van der Waals surface area contributed by atoms with Gasteiger partial charge in [-0.3, -0.25) is 0 Å². The minimum absolute atomic E-state index is 0.345. The van der Waals surface area contributed by atoms with Crippen LogP contribution in [0.15, 0.2) is 72.8 Å². The number of hydrogen-bond donors (Lipinski definition) is 6. The third-order valence-corrected chi connectivity index (χ3v) is 4.58. The molecule has 0 bridgehead atoms. The fourth-order valence-corrected chi connectivity index (χ4v) is 3.40. The van der Waals surface area contributed by atoms with Crippen molar-refractivity contribution in [2.45, 2.75) is 5.92 Å². The van der Waals surface area contributed by atoms with Gasteiger partial charge in [-0.1, -0.05) is 54.6 Å². The van der Waals surface area contributed by atoms with E-state index >= 15 is 0 Å². The van der Waals surface area contributed by atoms with Crippen molar-refractivity contribution in [1.29, 1.82) is 0 Å². The first-order valence-corrected chi connectivity index (χ1v) is 8.57. The number of nitrogens with zero attached hydrogens (tertiary/aromatic N) is 3. The van der Waals surface area contributed by atoms with E-state index in [1.807, 2.05) is 72.8 Å². The van der Waals surface area contributed by atoms with Crippen molar-refractivity contribution in [3.05, 3.63) is 89.5 Å². The fraction of sp³-hybridized carbons (Fsp3) is 0.0526. The van der Waals surface area contributed by atoms with E-state index in [0.29, 0.717) is 17.1 Å². The van der Waals surface area contributed by atoms with Crippen LogP contribution in [0, 0.1) is 0 Å². The minimum Gasteiger partial charge on any atom is -0.247 e. The molecule has 0 aliphatic carbocycles. The van der Waals surface area contributed by atoms with Crippen LogP contribution in [0.5, 0.6) is 0 Å². The molecule has 146 valence electrons. The predicted molar refractivity (Wildman–Crippen MR) is 113 cm³/mol. The highest BCUT2D eigenvalue weighted by atomic mass is 15.6. The van der Waals surface area contributed by atoms with Crippen LogP contribution in [-0.4, -0.2) is 0 Å². The highest BCUT2D eigenvalue weighted by Gasteiger charge is 2.26. The summed E-state index contributed by atoms with van der Waals surface area (Å²) in [4.78, 5) is 0. The molecule has 3 aromatic carbocycles. The van der Waals surface area contributed by atoms with Gasteiger partial charge in [-0.2, -0.15) is 0 Å². The van der Waals surface area contributed by atoms with Crippen molar-refractivity contribution < 1.29 is 0 Å². The van der Waals surface area contributed by atoms with Crippen LogP contribution in [0.4, 0.5) is 17.1 Å². The van der Waals surface area contributed by atoms with E-state index in [4.69, 9.17) is 35.1 Å². The highest BCUT2D eigenvalue weighted by molar-refractivity contribution is 5.68. The summed E-state index contributed by atoms with van der Waals surface area (Å²) in [5.74, 6) is 35.0. The standard InChI is InChI=1S/C19H25N9/c20-26(21)16-10-4-1-7-13(16)19(14-8-2-5-11-17(14)27(22)23)15-9-3-6-12-18(15)28(24)25/h1-12,19H,20-25H2. The number of para-hydroxylation sites is 3. The maximum absolute atomic E-state index is 5.90. The van der Waals surface area contributed by atoms with Gasteiger partial charge in [0.2, 0.25) is 0 Å². The Hall–Kier alpha value is -3.18. The molecule has 28 heavy (non-hydrogen) atoms. The maximum Gasteiger partial charge on any atom is 0.0738 e. The molecule has 9 nitrogen and oxygen atoms in total. The van der Waals surface area contributed by atoms with Gasteiger partial charge < -0.3 is 0 Å². The lowest BCUT2D eigenvalue weighted by atomic mass is 9.82. The molecule has 0 aliphatic heterocycles. The van der Waals surface area contributed by atoms with Crippen LogP contribution in [0.25, 0.3) is 0 Å².